The first-order chi connectivity index (χ1) is 12.8. The Morgan fingerprint density at radius 2 is 1.85 bits per heavy atom. The lowest BCUT2D eigenvalue weighted by atomic mass is 10.0. The second-order valence-corrected chi connectivity index (χ2v) is 6.59. The Morgan fingerprint density at radius 3 is 2.48 bits per heavy atom. The number of amides is 2. The van der Waals surface area contributed by atoms with Crippen LogP contribution in [0.1, 0.15) is 22.8 Å². The third kappa shape index (κ3) is 5.98. The van der Waals surface area contributed by atoms with Crippen LogP contribution in [0.25, 0.3) is 0 Å². The van der Waals surface area contributed by atoms with Gasteiger partial charge in [-0.3, -0.25) is 9.59 Å². The normalized spacial score (nSPS) is 11.4. The highest BCUT2D eigenvalue weighted by Gasteiger charge is 2.23. The van der Waals surface area contributed by atoms with Crippen molar-refractivity contribution < 1.29 is 19.1 Å². The van der Waals surface area contributed by atoms with Crippen LogP contribution in [-0.4, -0.2) is 30.9 Å². The number of hydrogen-bond acceptors (Lipinski definition) is 4. The Bertz CT molecular complexity index is 871. The number of carbonyl (C=O) groups is 3. The van der Waals surface area contributed by atoms with Crippen molar-refractivity contribution >= 4 is 46.7 Å². The van der Waals surface area contributed by atoms with E-state index in [0.717, 1.165) is 0 Å². The summed E-state index contributed by atoms with van der Waals surface area (Å²) < 4.78 is 4.78. The summed E-state index contributed by atoms with van der Waals surface area (Å²) >= 11 is 12.0. The minimum Gasteiger partial charge on any atom is -0.467 e. The number of methoxy groups -OCH3 is 1. The lowest BCUT2D eigenvalue weighted by molar-refractivity contribution is -0.142. The Labute approximate surface area is 166 Å². The van der Waals surface area contributed by atoms with Crippen molar-refractivity contribution in [3.63, 3.8) is 0 Å². The molecule has 142 valence electrons. The number of ether oxygens (including phenoxy) is 1. The van der Waals surface area contributed by atoms with Crippen LogP contribution < -0.4 is 10.6 Å². The average molecular weight is 409 g/mol. The zero-order chi connectivity index (χ0) is 20.0. The monoisotopic (exact) mass is 408 g/mol. The van der Waals surface area contributed by atoms with E-state index < -0.39 is 17.9 Å². The average Bonchev–Trinajstić information content (AvgIpc) is 2.62. The minimum absolute atomic E-state index is 0.139. The van der Waals surface area contributed by atoms with E-state index in [2.05, 4.69) is 10.6 Å². The van der Waals surface area contributed by atoms with Crippen molar-refractivity contribution in [2.24, 2.45) is 0 Å². The van der Waals surface area contributed by atoms with Gasteiger partial charge in [-0.05, 0) is 35.9 Å². The first kappa shape index (κ1) is 20.7. The molecule has 1 atom stereocenters. The van der Waals surface area contributed by atoms with Gasteiger partial charge in [0.15, 0.2) is 0 Å². The fraction of sp³-hybridized carbons (Fsp3) is 0.211. The molecule has 0 fully saturated rings. The third-order valence-corrected chi connectivity index (χ3v) is 4.26. The van der Waals surface area contributed by atoms with Crippen LogP contribution in [-0.2, 0) is 20.7 Å². The van der Waals surface area contributed by atoms with E-state index in [-0.39, 0.29) is 17.9 Å². The first-order valence-electron chi connectivity index (χ1n) is 8.00. The molecule has 0 saturated carbocycles. The van der Waals surface area contributed by atoms with E-state index in [1.165, 1.54) is 20.1 Å². The molecule has 0 aliphatic rings. The molecule has 0 saturated heterocycles. The van der Waals surface area contributed by atoms with Gasteiger partial charge in [-0.15, -0.1) is 0 Å². The second kappa shape index (κ2) is 9.39. The molecule has 0 unspecified atom stereocenters. The summed E-state index contributed by atoms with van der Waals surface area (Å²) in [4.78, 5) is 35.8. The van der Waals surface area contributed by atoms with Gasteiger partial charge in [0.05, 0.1) is 7.11 Å². The van der Waals surface area contributed by atoms with Crippen molar-refractivity contribution in [1.29, 1.82) is 0 Å². The predicted octanol–water partition coefficient (Wildman–Crippen LogP) is 3.47. The molecular weight excluding hydrogens is 391 g/mol. The van der Waals surface area contributed by atoms with E-state index in [1.807, 2.05) is 0 Å². The van der Waals surface area contributed by atoms with Crippen LogP contribution in [0.2, 0.25) is 10.0 Å². The van der Waals surface area contributed by atoms with Crippen molar-refractivity contribution in [3.05, 3.63) is 63.6 Å². The van der Waals surface area contributed by atoms with E-state index in [9.17, 15) is 14.4 Å². The first-order valence-corrected chi connectivity index (χ1v) is 8.76. The number of benzene rings is 2. The van der Waals surface area contributed by atoms with Crippen LogP contribution in [0, 0.1) is 0 Å². The van der Waals surface area contributed by atoms with Crippen LogP contribution >= 0.6 is 23.2 Å². The van der Waals surface area contributed by atoms with E-state index in [4.69, 9.17) is 27.9 Å². The highest BCUT2D eigenvalue weighted by atomic mass is 35.5. The largest absolute Gasteiger partial charge is 0.467 e. The van der Waals surface area contributed by atoms with Gasteiger partial charge in [-0.2, -0.15) is 0 Å². The number of anilines is 1. The molecule has 0 aromatic heterocycles. The molecule has 2 rings (SSSR count). The van der Waals surface area contributed by atoms with Crippen molar-refractivity contribution in [2.75, 3.05) is 12.4 Å². The Kier molecular flexibility index (Phi) is 7.21. The van der Waals surface area contributed by atoms with Crippen LogP contribution in [0.5, 0.6) is 0 Å². The molecule has 0 bridgehead atoms. The van der Waals surface area contributed by atoms with Gasteiger partial charge in [0.25, 0.3) is 5.91 Å². The quantitative estimate of drug-likeness (QED) is 0.716. The molecule has 0 aliphatic heterocycles. The zero-order valence-electron chi connectivity index (χ0n) is 14.7. The van der Waals surface area contributed by atoms with Crippen LogP contribution in [0.4, 0.5) is 5.69 Å². The molecule has 2 amide bonds. The van der Waals surface area contributed by atoms with Crippen molar-refractivity contribution in [3.8, 4) is 0 Å². The minimum atomic E-state index is -0.939. The topological polar surface area (TPSA) is 84.5 Å². The van der Waals surface area contributed by atoms with Crippen LogP contribution in [0.3, 0.4) is 0 Å². The Hall–Kier alpha value is -2.57. The maximum atomic E-state index is 12.6. The number of esters is 1. The summed E-state index contributed by atoms with van der Waals surface area (Å²) in [5.41, 5.74) is 1.41. The summed E-state index contributed by atoms with van der Waals surface area (Å²) in [5, 5.41) is 6.09. The highest BCUT2D eigenvalue weighted by Crippen LogP contribution is 2.22. The van der Waals surface area contributed by atoms with Crippen molar-refractivity contribution in [2.45, 2.75) is 19.4 Å². The molecule has 0 aliphatic carbocycles. The van der Waals surface area contributed by atoms with Gasteiger partial charge >= 0.3 is 5.97 Å². The zero-order valence-corrected chi connectivity index (χ0v) is 16.2. The molecule has 0 radical (unpaired) electrons. The predicted molar refractivity (Wildman–Crippen MR) is 104 cm³/mol. The van der Waals surface area contributed by atoms with Gasteiger partial charge in [0.1, 0.15) is 6.04 Å². The molecule has 8 heteroatoms. The smallest absolute Gasteiger partial charge is 0.328 e. The van der Waals surface area contributed by atoms with Crippen molar-refractivity contribution in [1.82, 2.24) is 5.32 Å². The Morgan fingerprint density at radius 1 is 1.11 bits per heavy atom. The lowest BCUT2D eigenvalue weighted by Crippen LogP contribution is -2.43. The SMILES string of the molecule is COC(=O)[C@H](Cc1ccc(Cl)cc1Cl)NC(=O)c1cccc(NC(C)=O)c1. The van der Waals surface area contributed by atoms with E-state index in [1.54, 1.807) is 36.4 Å². The fourth-order valence-corrected chi connectivity index (χ4v) is 2.91. The maximum Gasteiger partial charge on any atom is 0.328 e. The molecule has 2 aromatic rings. The molecule has 0 heterocycles. The van der Waals surface area contributed by atoms with Gasteiger partial charge < -0.3 is 15.4 Å². The molecule has 0 spiro atoms. The van der Waals surface area contributed by atoms with Gasteiger partial charge in [0, 0.05) is 34.6 Å². The fourth-order valence-electron chi connectivity index (χ4n) is 2.43. The standard InChI is InChI=1S/C19H18Cl2N2O4/c1-11(24)22-15-5-3-4-13(8-15)18(25)23-17(19(26)27-2)9-12-6-7-14(20)10-16(12)21/h3-8,10,17H,9H2,1-2H3,(H,22,24)(H,23,25)/t17-/m0/s1. The summed E-state index contributed by atoms with van der Waals surface area (Å²) in [7, 11) is 1.24. The van der Waals surface area contributed by atoms with Gasteiger partial charge in [0.2, 0.25) is 5.91 Å². The van der Waals surface area contributed by atoms with Gasteiger partial charge in [-0.1, -0.05) is 35.3 Å². The van der Waals surface area contributed by atoms with Crippen LogP contribution in [0.15, 0.2) is 42.5 Å². The highest BCUT2D eigenvalue weighted by molar-refractivity contribution is 6.35. The van der Waals surface area contributed by atoms with E-state index >= 15 is 0 Å². The lowest BCUT2D eigenvalue weighted by Gasteiger charge is -2.17. The van der Waals surface area contributed by atoms with Gasteiger partial charge in [-0.25, -0.2) is 4.79 Å². The van der Waals surface area contributed by atoms with E-state index in [0.29, 0.717) is 21.3 Å². The maximum absolute atomic E-state index is 12.6. The molecule has 6 nitrogen and oxygen atoms in total. The molecule has 2 N–H and O–H groups in total. The molecular formula is C19H18Cl2N2O4. The number of rotatable bonds is 6. The molecule has 2 aromatic carbocycles. The summed E-state index contributed by atoms with van der Waals surface area (Å²) in [6.45, 7) is 1.37. The second-order valence-electron chi connectivity index (χ2n) is 5.75. The number of nitrogens with one attached hydrogen (secondary N) is 2. The summed E-state index contributed by atoms with van der Waals surface area (Å²) in [5.74, 6) is -1.34. The molecule has 27 heavy (non-hydrogen) atoms. The summed E-state index contributed by atoms with van der Waals surface area (Å²) in [6, 6.07) is 10.3. The third-order valence-electron chi connectivity index (χ3n) is 3.68. The number of halogens is 2. The number of hydrogen-bond donors (Lipinski definition) is 2. The number of carbonyl (C=O) groups excluding carboxylic acids is 3. The Balaban J connectivity index is 2.19. The summed E-state index contributed by atoms with van der Waals surface area (Å²) in [6.07, 6.45) is 0.139.